The average Bonchev–Trinajstić information content (AvgIpc) is 3.03. The number of alkyl halides is 1. The molecule has 2 amide bonds. The molecule has 134 valence electrons. The van der Waals surface area contributed by atoms with E-state index < -0.39 is 18.6 Å². The van der Waals surface area contributed by atoms with Crippen molar-refractivity contribution in [1.82, 2.24) is 9.88 Å². The molecule has 2 N–H and O–H groups in total. The summed E-state index contributed by atoms with van der Waals surface area (Å²) < 4.78 is 13.7. The van der Waals surface area contributed by atoms with Crippen molar-refractivity contribution in [2.75, 3.05) is 13.2 Å². The van der Waals surface area contributed by atoms with Crippen LogP contribution in [0.1, 0.15) is 30.7 Å². The molecule has 0 saturated carbocycles. The summed E-state index contributed by atoms with van der Waals surface area (Å²) in [4.78, 5) is 30.4. The van der Waals surface area contributed by atoms with Crippen LogP contribution in [0.4, 0.5) is 4.39 Å². The van der Waals surface area contributed by atoms with Crippen LogP contribution in [0.15, 0.2) is 24.3 Å². The number of carbonyl (C=O) groups excluding carboxylic acids is 2. The van der Waals surface area contributed by atoms with Crippen LogP contribution in [0.2, 0.25) is 0 Å². The number of piperidine rings is 1. The van der Waals surface area contributed by atoms with Crippen molar-refractivity contribution in [3.63, 3.8) is 0 Å². The normalized spacial score (nSPS) is 20.8. The molecule has 1 saturated heterocycles. The maximum atomic E-state index is 12.6. The number of likely N-dealkylation sites (tertiary alicyclic amines) is 1. The van der Waals surface area contributed by atoms with Gasteiger partial charge in [0.1, 0.15) is 6.04 Å². The van der Waals surface area contributed by atoms with Crippen LogP contribution in [0.25, 0.3) is 10.2 Å². The van der Waals surface area contributed by atoms with E-state index in [9.17, 15) is 14.0 Å². The van der Waals surface area contributed by atoms with E-state index in [1.54, 1.807) is 16.2 Å². The van der Waals surface area contributed by atoms with Crippen LogP contribution < -0.4 is 5.73 Å². The lowest BCUT2D eigenvalue weighted by Crippen LogP contribution is -2.52. The van der Waals surface area contributed by atoms with Gasteiger partial charge in [0, 0.05) is 19.4 Å². The minimum atomic E-state index is -0.617. The SMILES string of the molecule is NC(=O)C1CC(CCF)CCN1C(=O)CCc1nc2ccccc2s1. The third-order valence-corrected chi connectivity index (χ3v) is 5.86. The molecule has 0 aliphatic carbocycles. The fraction of sp³-hybridized carbons (Fsp3) is 0.500. The summed E-state index contributed by atoms with van der Waals surface area (Å²) in [6.07, 6.45) is 2.47. The van der Waals surface area contributed by atoms with Crippen molar-refractivity contribution in [3.05, 3.63) is 29.3 Å². The second-order valence-electron chi connectivity index (χ2n) is 6.45. The molecule has 1 aromatic carbocycles. The number of para-hydroxylation sites is 1. The Morgan fingerprint density at radius 1 is 1.36 bits per heavy atom. The van der Waals surface area contributed by atoms with Crippen molar-refractivity contribution in [3.8, 4) is 0 Å². The lowest BCUT2D eigenvalue weighted by molar-refractivity contribution is -0.142. The highest BCUT2D eigenvalue weighted by molar-refractivity contribution is 7.18. The Hall–Kier alpha value is -2.02. The second-order valence-corrected chi connectivity index (χ2v) is 7.56. The maximum absolute atomic E-state index is 12.6. The van der Waals surface area contributed by atoms with Gasteiger partial charge >= 0.3 is 0 Å². The number of hydrogen-bond donors (Lipinski definition) is 1. The van der Waals surface area contributed by atoms with Crippen LogP contribution in [-0.4, -0.2) is 41.0 Å². The lowest BCUT2D eigenvalue weighted by Gasteiger charge is -2.37. The molecule has 2 heterocycles. The Morgan fingerprint density at radius 3 is 2.88 bits per heavy atom. The Balaban J connectivity index is 1.62. The van der Waals surface area contributed by atoms with Gasteiger partial charge in [0.2, 0.25) is 11.8 Å². The van der Waals surface area contributed by atoms with Crippen molar-refractivity contribution >= 4 is 33.4 Å². The van der Waals surface area contributed by atoms with Gasteiger partial charge in [-0.3, -0.25) is 14.0 Å². The molecular weight excluding hydrogens is 341 g/mol. The molecule has 1 fully saturated rings. The predicted octanol–water partition coefficient (Wildman–Crippen LogP) is 2.68. The van der Waals surface area contributed by atoms with Crippen LogP contribution >= 0.6 is 11.3 Å². The zero-order valence-electron chi connectivity index (χ0n) is 14.0. The number of carbonyl (C=O) groups is 2. The van der Waals surface area contributed by atoms with Crippen LogP contribution in [0.3, 0.4) is 0 Å². The molecule has 0 spiro atoms. The molecular formula is C18H22FN3O2S. The first-order valence-corrected chi connectivity index (χ1v) is 9.39. The Kier molecular flexibility index (Phi) is 5.63. The number of hydrogen-bond acceptors (Lipinski definition) is 4. The summed E-state index contributed by atoms with van der Waals surface area (Å²) in [5, 5.41) is 0.914. The maximum Gasteiger partial charge on any atom is 0.240 e. The smallest absolute Gasteiger partial charge is 0.240 e. The number of amides is 2. The van der Waals surface area contributed by atoms with E-state index >= 15 is 0 Å². The molecule has 1 aliphatic rings. The van der Waals surface area contributed by atoms with Crippen LogP contribution in [-0.2, 0) is 16.0 Å². The Labute approximate surface area is 150 Å². The number of aryl methyl sites for hydroxylation is 1. The Morgan fingerprint density at radius 2 is 2.16 bits per heavy atom. The number of nitrogens with zero attached hydrogens (tertiary/aromatic N) is 2. The first kappa shape index (κ1) is 17.8. The average molecular weight is 363 g/mol. The number of halogens is 1. The molecule has 2 aromatic rings. The molecule has 2 atom stereocenters. The van der Waals surface area contributed by atoms with Crippen molar-refractivity contribution < 1.29 is 14.0 Å². The molecule has 2 unspecified atom stereocenters. The van der Waals surface area contributed by atoms with Crippen LogP contribution in [0, 0.1) is 5.92 Å². The molecule has 25 heavy (non-hydrogen) atoms. The fourth-order valence-electron chi connectivity index (χ4n) is 3.41. The van der Waals surface area contributed by atoms with Gasteiger partial charge in [-0.1, -0.05) is 12.1 Å². The monoisotopic (exact) mass is 363 g/mol. The number of benzene rings is 1. The number of primary amides is 1. The highest BCUT2D eigenvalue weighted by Gasteiger charge is 2.34. The first-order chi connectivity index (χ1) is 12.1. The predicted molar refractivity (Wildman–Crippen MR) is 96.0 cm³/mol. The highest BCUT2D eigenvalue weighted by Crippen LogP contribution is 2.27. The number of thiazole rings is 1. The van der Waals surface area contributed by atoms with Gasteiger partial charge in [0.25, 0.3) is 0 Å². The van der Waals surface area contributed by atoms with Gasteiger partial charge in [-0.2, -0.15) is 0 Å². The minimum Gasteiger partial charge on any atom is -0.368 e. The summed E-state index contributed by atoms with van der Waals surface area (Å²) in [5.74, 6) is -0.463. The van der Waals surface area contributed by atoms with E-state index in [1.807, 2.05) is 24.3 Å². The zero-order chi connectivity index (χ0) is 17.8. The van der Waals surface area contributed by atoms with E-state index in [0.717, 1.165) is 21.6 Å². The van der Waals surface area contributed by atoms with Gasteiger partial charge in [-0.05, 0) is 37.3 Å². The fourth-order valence-corrected chi connectivity index (χ4v) is 4.37. The van der Waals surface area contributed by atoms with Gasteiger partial charge < -0.3 is 10.6 Å². The van der Waals surface area contributed by atoms with Crippen molar-refractivity contribution in [2.45, 2.75) is 38.1 Å². The molecule has 0 bridgehead atoms. The van der Waals surface area contributed by atoms with Gasteiger partial charge in [-0.15, -0.1) is 11.3 Å². The molecule has 1 aliphatic heterocycles. The van der Waals surface area contributed by atoms with Gasteiger partial charge in [-0.25, -0.2) is 4.98 Å². The standard InChI is InChI=1S/C18H22FN3O2S/c19-9-7-12-8-10-22(14(11-12)18(20)24)17(23)6-5-16-21-13-3-1-2-4-15(13)25-16/h1-4,12,14H,5-11H2,(H2,20,24). The summed E-state index contributed by atoms with van der Waals surface area (Å²) >= 11 is 1.58. The summed E-state index contributed by atoms with van der Waals surface area (Å²) in [5.41, 5.74) is 6.42. The minimum absolute atomic E-state index is 0.0817. The largest absolute Gasteiger partial charge is 0.368 e. The highest BCUT2D eigenvalue weighted by atomic mass is 32.1. The molecule has 7 heteroatoms. The number of aromatic nitrogens is 1. The second kappa shape index (κ2) is 7.91. The number of nitrogens with two attached hydrogens (primary N) is 1. The molecule has 5 nitrogen and oxygen atoms in total. The van der Waals surface area contributed by atoms with Crippen molar-refractivity contribution in [1.29, 1.82) is 0 Å². The molecule has 1 aromatic heterocycles. The quantitative estimate of drug-likeness (QED) is 0.857. The topological polar surface area (TPSA) is 76.3 Å². The van der Waals surface area contributed by atoms with Gasteiger partial charge in [0.15, 0.2) is 0 Å². The summed E-state index contributed by atoms with van der Waals surface area (Å²) in [6, 6.07) is 7.26. The third kappa shape index (κ3) is 4.15. The van der Waals surface area contributed by atoms with E-state index in [-0.39, 0.29) is 11.8 Å². The number of fused-ring (bicyclic) bond motifs is 1. The molecule has 3 rings (SSSR count). The molecule has 0 radical (unpaired) electrons. The first-order valence-electron chi connectivity index (χ1n) is 8.57. The van der Waals surface area contributed by atoms with E-state index in [1.165, 1.54) is 0 Å². The number of rotatable bonds is 6. The zero-order valence-corrected chi connectivity index (χ0v) is 14.8. The Bertz CT molecular complexity index is 731. The third-order valence-electron chi connectivity index (χ3n) is 4.77. The van der Waals surface area contributed by atoms with Crippen LogP contribution in [0.5, 0.6) is 0 Å². The lowest BCUT2D eigenvalue weighted by atomic mass is 9.88. The van der Waals surface area contributed by atoms with Crippen molar-refractivity contribution in [2.24, 2.45) is 11.7 Å². The van der Waals surface area contributed by atoms with E-state index in [4.69, 9.17) is 5.73 Å². The summed E-state index contributed by atoms with van der Waals surface area (Å²) in [6.45, 7) is 0.0681. The van der Waals surface area contributed by atoms with E-state index in [0.29, 0.717) is 32.2 Å². The van der Waals surface area contributed by atoms with Gasteiger partial charge in [0.05, 0.1) is 21.9 Å². The summed E-state index contributed by atoms with van der Waals surface area (Å²) in [7, 11) is 0. The van der Waals surface area contributed by atoms with E-state index in [2.05, 4.69) is 4.98 Å².